The fraction of sp³-hybridized carbons (Fsp3) is 0.939. The van der Waals surface area contributed by atoms with Crippen LogP contribution in [0, 0.1) is 53.3 Å². The number of β-amino-alcohol motifs (C(OH)–C–C–N with tert-alkyl or cyclic N) is 2. The first-order chi connectivity index (χ1) is 50.7. The van der Waals surface area contributed by atoms with Crippen molar-refractivity contribution in [2.45, 2.75) is 379 Å². The minimum absolute atomic E-state index is 0.0284. The molecule has 8 saturated heterocycles. The van der Waals surface area contributed by atoms with Crippen molar-refractivity contribution in [2.75, 3.05) is 54.1 Å². The summed E-state index contributed by atoms with van der Waals surface area (Å²) in [6, 6.07) is 0. The largest absolute Gasteiger partial charge is 0.444 e. The van der Waals surface area contributed by atoms with E-state index in [2.05, 4.69) is 17.2 Å². The van der Waals surface area contributed by atoms with Crippen molar-refractivity contribution in [2.24, 2.45) is 53.3 Å². The molecule has 110 heavy (non-hydrogen) atoms. The number of nitrogens with one attached hydrogen (secondary N) is 2. The summed E-state index contributed by atoms with van der Waals surface area (Å²) < 4.78 is 128. The topological polar surface area (TPSA) is 277 Å². The van der Waals surface area contributed by atoms with Gasteiger partial charge in [-0.1, -0.05) is 6.08 Å². The number of nitrogens with zero attached hydrogens (tertiary/aromatic N) is 3. The number of hydrogen-bond acceptors (Lipinski definition) is 21. The standard InChI is InChI=1S/C21H33F2NO5.C21H35NO5.C20H33NO5.C10H15F2NO2.C10H17NO2/c1-17(2,3)29-16(25)24-11-13-15(28-19(6,26-7)18(4,5)27-13)14(20(24)8-9-20)12-10-21(12,22)23;1-18(2,3)27-17(23)22-12-14-16(15(13-8-9-13)21(22)10-11-21)26-20(6,24-7)19(4,5)25-14;1-9-13-15-14(24-18(5,6)19(7,23-8)25-15)12-21(20(13)10-11-20)16(22)26-17(2,3)4;11-10(12)3-5(10)7-8(15)6(14)4-13-9(7)1-2-9;12-7-5-11-10(3-4-10)8(9(7)13)6-1-2-6/h12-15H,8-11H2,1-7H3;13-16H,8-12H2,1-7H3;9,13-15H,1,10-12H2,2-8H3;5-8,13-15H,1-4H2;6-9,11-13H,1-5H2/t12?,13-,14-,15+,19+;14-,15-,16+,20+;13-,14-,15-,19+;5?,6-,7-,8+;7-,8-,9+/m11111/s1. The number of carbonyl (C=O) groups excluding carboxylic acids is 3. The van der Waals surface area contributed by atoms with Gasteiger partial charge >= 0.3 is 18.3 Å². The molecule has 2 unspecified atom stereocenters. The minimum atomic E-state index is -2.73. The first-order valence-corrected chi connectivity index (χ1v) is 41.0. The first kappa shape index (κ1) is 84.6. The maximum Gasteiger partial charge on any atom is 0.410 e. The van der Waals surface area contributed by atoms with E-state index in [1.165, 1.54) is 45.6 Å². The molecule has 3 amide bonds. The summed E-state index contributed by atoms with van der Waals surface area (Å²) in [6.45, 7) is 40.2. The van der Waals surface area contributed by atoms with Gasteiger partial charge in [0, 0.05) is 99.8 Å². The van der Waals surface area contributed by atoms with Gasteiger partial charge in [0.1, 0.15) is 51.9 Å². The lowest BCUT2D eigenvalue weighted by Gasteiger charge is -2.59. The van der Waals surface area contributed by atoms with Gasteiger partial charge in [-0.15, -0.1) is 6.58 Å². The van der Waals surface area contributed by atoms with Crippen LogP contribution in [-0.2, 0) is 56.8 Å². The summed E-state index contributed by atoms with van der Waals surface area (Å²) in [5, 5.41) is 45.4. The number of aliphatic hydroxyl groups excluding tert-OH is 4. The van der Waals surface area contributed by atoms with E-state index >= 15 is 0 Å². The van der Waals surface area contributed by atoms with Gasteiger partial charge < -0.3 is 87.9 Å². The van der Waals surface area contributed by atoms with E-state index in [-0.39, 0.29) is 90.0 Å². The SMILES string of the molecule is C=C[C@@H]1[C@H]2O[C@](C)(OC)C(C)(C)O[C@@H]2CN(C(=O)OC(C)(C)C)C12CC2.CO[C@@]1(C)O[C@@H]2[C@@H](C3CC3(F)F)C3(CC3)N(C(=O)OC(C)(C)C)C[C@H]2OC1(C)C.CO[C@@]1(C)O[C@@H]2[C@@H](C3CC3)C3(CC3)N(C(=O)OC(C)(C)C)C[C@H]2OC1(C)C.O[C@H]1[C@H](O)CNC2(CC2)[C@@H]1C1CC1.O[C@H]1[C@H](O)CNC2(CC2)[C@@H]1C1CC1(F)F. The highest BCUT2D eigenvalue weighted by atomic mass is 19.3. The van der Waals surface area contributed by atoms with E-state index < -0.39 is 135 Å². The number of aliphatic hydroxyl groups is 4. The van der Waals surface area contributed by atoms with Gasteiger partial charge in [-0.3, -0.25) is 14.7 Å². The number of halogens is 4. The van der Waals surface area contributed by atoms with Crippen LogP contribution >= 0.6 is 0 Å². The smallest absolute Gasteiger partial charge is 0.410 e. The molecule has 9 aliphatic carbocycles. The maximum absolute atomic E-state index is 14.3. The van der Waals surface area contributed by atoms with Crippen LogP contribution in [-0.4, -0.2) is 259 Å². The van der Waals surface area contributed by atoms with E-state index in [0.717, 1.165) is 38.5 Å². The Labute approximate surface area is 649 Å². The Morgan fingerprint density at radius 2 is 0.727 bits per heavy atom. The Balaban J connectivity index is 0.000000124. The highest BCUT2D eigenvalue weighted by Crippen LogP contribution is 2.68. The molecule has 0 aromatic heterocycles. The summed E-state index contributed by atoms with van der Waals surface area (Å²) in [4.78, 5) is 44.5. The van der Waals surface area contributed by atoms with Crippen LogP contribution in [0.2, 0.25) is 0 Å². The lowest BCUT2D eigenvalue weighted by Crippen LogP contribution is -2.72. The third kappa shape index (κ3) is 15.6. The zero-order valence-electron chi connectivity index (χ0n) is 69.4. The monoisotopic (exact) mass is 1570 g/mol. The molecule has 0 radical (unpaired) electrons. The van der Waals surface area contributed by atoms with Gasteiger partial charge in [0.15, 0.2) is 17.4 Å². The molecule has 17 rings (SSSR count). The zero-order valence-corrected chi connectivity index (χ0v) is 69.4. The van der Waals surface area contributed by atoms with Crippen LogP contribution in [0.3, 0.4) is 0 Å². The van der Waals surface area contributed by atoms with Crippen molar-refractivity contribution in [3.63, 3.8) is 0 Å². The van der Waals surface area contributed by atoms with Crippen molar-refractivity contribution in [1.82, 2.24) is 25.3 Å². The van der Waals surface area contributed by atoms with Crippen molar-refractivity contribution in [3.8, 4) is 0 Å². The summed E-state index contributed by atoms with van der Waals surface area (Å²) in [5.74, 6) is -8.79. The fourth-order valence-electron chi connectivity index (χ4n) is 20.5. The molecule has 17 aliphatic rings. The first-order valence-electron chi connectivity index (χ1n) is 41.0. The highest BCUT2D eigenvalue weighted by molar-refractivity contribution is 5.72. The second-order valence-electron chi connectivity index (χ2n) is 40.7. The predicted molar refractivity (Wildman–Crippen MR) is 396 cm³/mol. The fourth-order valence-corrected chi connectivity index (χ4v) is 20.5. The number of alkyl halides is 4. The molecule has 628 valence electrons. The second kappa shape index (κ2) is 27.9. The van der Waals surface area contributed by atoms with Gasteiger partial charge in [-0.2, -0.15) is 0 Å². The van der Waals surface area contributed by atoms with Gasteiger partial charge in [0.2, 0.25) is 0 Å². The average molecular weight is 1570 g/mol. The minimum Gasteiger partial charge on any atom is -0.444 e. The third-order valence-corrected chi connectivity index (χ3v) is 28.6. The Morgan fingerprint density at radius 3 is 1.04 bits per heavy atom. The van der Waals surface area contributed by atoms with Crippen LogP contribution in [0.15, 0.2) is 12.7 Å². The molecule has 0 bridgehead atoms. The van der Waals surface area contributed by atoms with Gasteiger partial charge in [-0.25, -0.2) is 31.9 Å². The zero-order chi connectivity index (χ0) is 80.9. The molecule has 0 aromatic rings. The number of likely N-dealkylation sites (tertiary alicyclic amines) is 3. The van der Waals surface area contributed by atoms with E-state index in [1.54, 1.807) is 46.8 Å². The van der Waals surface area contributed by atoms with E-state index in [9.17, 15) is 52.4 Å². The van der Waals surface area contributed by atoms with Crippen molar-refractivity contribution in [3.05, 3.63) is 12.7 Å². The lowest BCUT2D eigenvalue weighted by molar-refractivity contribution is -0.399. The molecule has 28 heteroatoms. The molecular weight excluding hydrogens is 1430 g/mol. The highest BCUT2D eigenvalue weighted by Gasteiger charge is 2.77. The summed E-state index contributed by atoms with van der Waals surface area (Å²) >= 11 is 0. The molecule has 8 heterocycles. The number of amides is 3. The Kier molecular flexibility index (Phi) is 21.5. The number of ether oxygens (including phenoxy) is 12. The molecule has 6 N–H and O–H groups in total. The summed E-state index contributed by atoms with van der Waals surface area (Å²) in [6.07, 6.45) is 10.1. The van der Waals surface area contributed by atoms with Crippen LogP contribution in [0.25, 0.3) is 0 Å². The number of piperidine rings is 5. The Morgan fingerprint density at radius 1 is 0.436 bits per heavy atom. The van der Waals surface area contributed by atoms with Gasteiger partial charge in [-0.05, 0) is 226 Å². The number of fused-ring (bicyclic) bond motifs is 3. The quantitative estimate of drug-likeness (QED) is 0.0748. The summed E-state index contributed by atoms with van der Waals surface area (Å²) in [5.41, 5.74) is -4.94. The number of carbonyl (C=O) groups is 3. The average Bonchev–Trinajstić information content (AvgIpc) is 1.54. The Hall–Kier alpha value is -3.33. The van der Waals surface area contributed by atoms with Crippen molar-refractivity contribution < 1.29 is 109 Å². The third-order valence-electron chi connectivity index (χ3n) is 28.6. The van der Waals surface area contributed by atoms with Crippen LogP contribution in [0.4, 0.5) is 31.9 Å². The molecule has 20 atom stereocenters. The van der Waals surface area contributed by atoms with Crippen LogP contribution < -0.4 is 10.6 Å². The van der Waals surface area contributed by atoms with Crippen LogP contribution in [0.5, 0.6) is 0 Å². The van der Waals surface area contributed by atoms with E-state index in [4.69, 9.17) is 56.8 Å². The Bertz CT molecular complexity index is 3410. The number of hydrogen-bond donors (Lipinski definition) is 6. The second-order valence-corrected chi connectivity index (χ2v) is 40.7. The summed E-state index contributed by atoms with van der Waals surface area (Å²) in [7, 11) is 4.85. The predicted octanol–water partition coefficient (Wildman–Crippen LogP) is 11.2. The lowest BCUT2D eigenvalue weighted by atomic mass is 9.77. The van der Waals surface area contributed by atoms with Gasteiger partial charge in [0.05, 0.1) is 79.0 Å². The molecule has 0 aromatic carbocycles. The molecule has 17 fully saturated rings. The number of rotatable bonds is 8. The maximum atomic E-state index is 14.3. The molecule has 5 spiro atoms. The van der Waals surface area contributed by atoms with E-state index in [0.29, 0.717) is 56.8 Å². The van der Waals surface area contributed by atoms with Crippen molar-refractivity contribution in [1.29, 1.82) is 0 Å². The molecule has 9 saturated carbocycles. The van der Waals surface area contributed by atoms with Crippen molar-refractivity contribution >= 4 is 18.3 Å². The molecule has 8 aliphatic heterocycles. The molecule has 24 nitrogen and oxygen atoms in total. The van der Waals surface area contributed by atoms with Crippen LogP contribution in [0.1, 0.15) is 227 Å². The normalized spacial score (nSPS) is 42.2. The van der Waals surface area contributed by atoms with Gasteiger partial charge in [0.25, 0.3) is 11.8 Å². The molecular formula is C82H133F4N5O19. The number of methoxy groups -OCH3 is 3. The van der Waals surface area contributed by atoms with E-state index in [1.807, 2.05) is 113 Å².